The minimum atomic E-state index is -0.755. The van der Waals surface area contributed by atoms with E-state index in [1.165, 1.54) is 18.3 Å². The van der Waals surface area contributed by atoms with E-state index in [2.05, 4.69) is 4.98 Å². The van der Waals surface area contributed by atoms with Gasteiger partial charge in [0.15, 0.2) is 10.9 Å². The molecule has 0 amide bonds. The first-order chi connectivity index (χ1) is 7.08. The number of carbonyl (C=O) groups is 1. The van der Waals surface area contributed by atoms with Crippen molar-refractivity contribution in [2.45, 2.75) is 26.4 Å². The molecule has 1 aliphatic heterocycles. The third-order valence-corrected chi connectivity index (χ3v) is 3.83. The Morgan fingerprint density at radius 3 is 2.87 bits per heavy atom. The van der Waals surface area contributed by atoms with Crippen molar-refractivity contribution in [3.8, 4) is 0 Å². The Labute approximate surface area is 91.9 Å². The third kappa shape index (κ3) is 2.02. The van der Waals surface area contributed by atoms with Crippen LogP contribution in [0.3, 0.4) is 0 Å². The summed E-state index contributed by atoms with van der Waals surface area (Å²) in [4.78, 5) is 18.1. The summed E-state index contributed by atoms with van der Waals surface area (Å²) in [6, 6.07) is 0. The van der Waals surface area contributed by atoms with Gasteiger partial charge in [-0.15, -0.1) is 0 Å². The Morgan fingerprint density at radius 1 is 1.67 bits per heavy atom. The van der Waals surface area contributed by atoms with Crippen molar-refractivity contribution < 1.29 is 9.18 Å². The lowest BCUT2D eigenvalue weighted by Gasteiger charge is -2.12. The van der Waals surface area contributed by atoms with Gasteiger partial charge in [-0.2, -0.15) is 0 Å². The summed E-state index contributed by atoms with van der Waals surface area (Å²) in [5, 5.41) is 0.776. The van der Waals surface area contributed by atoms with E-state index >= 15 is 0 Å². The summed E-state index contributed by atoms with van der Waals surface area (Å²) in [5.74, 6) is 0.0345. The van der Waals surface area contributed by atoms with Crippen LogP contribution in [0.15, 0.2) is 0 Å². The maximum Gasteiger partial charge on any atom is 0.186 e. The van der Waals surface area contributed by atoms with Crippen LogP contribution >= 0.6 is 11.3 Å². The van der Waals surface area contributed by atoms with Crippen molar-refractivity contribution in [2.75, 3.05) is 18.0 Å². The average molecular weight is 228 g/mol. The summed E-state index contributed by atoms with van der Waals surface area (Å²) in [6.07, 6.45) is -0.191. The van der Waals surface area contributed by atoms with E-state index in [-0.39, 0.29) is 5.78 Å². The van der Waals surface area contributed by atoms with Crippen LogP contribution in [0.4, 0.5) is 9.52 Å². The maximum atomic E-state index is 13.0. The van der Waals surface area contributed by atoms with E-state index < -0.39 is 6.17 Å². The molecule has 0 spiro atoms. The zero-order valence-corrected chi connectivity index (χ0v) is 9.60. The molecule has 0 N–H and O–H groups in total. The molecule has 0 saturated carbocycles. The molecule has 0 aromatic carbocycles. The summed E-state index contributed by atoms with van der Waals surface area (Å²) >= 11 is 1.37. The molecule has 0 aliphatic carbocycles. The number of hydrogen-bond acceptors (Lipinski definition) is 4. The van der Waals surface area contributed by atoms with Crippen LogP contribution < -0.4 is 4.90 Å². The molecular formula is C10H13FN2OS. The molecule has 1 atom stereocenters. The predicted molar refractivity (Wildman–Crippen MR) is 58.6 cm³/mol. The fourth-order valence-corrected chi connectivity index (χ4v) is 2.73. The average Bonchev–Trinajstić information content (AvgIpc) is 2.71. The largest absolute Gasteiger partial charge is 0.345 e. The number of halogens is 1. The summed E-state index contributed by atoms with van der Waals surface area (Å²) < 4.78 is 13.0. The molecule has 1 saturated heterocycles. The molecule has 1 fully saturated rings. The lowest BCUT2D eigenvalue weighted by molar-refractivity contribution is 0.102. The Balaban J connectivity index is 2.23. The Hall–Kier alpha value is -0.970. The van der Waals surface area contributed by atoms with Crippen LogP contribution in [0.2, 0.25) is 0 Å². The molecule has 5 heteroatoms. The fraction of sp³-hybridized carbons (Fsp3) is 0.600. The number of hydrogen-bond donors (Lipinski definition) is 0. The van der Waals surface area contributed by atoms with Crippen LogP contribution in [0.1, 0.15) is 28.7 Å². The van der Waals surface area contributed by atoms with Gasteiger partial charge in [0.1, 0.15) is 6.17 Å². The van der Waals surface area contributed by atoms with E-state index in [9.17, 15) is 9.18 Å². The first-order valence-electron chi connectivity index (χ1n) is 4.95. The van der Waals surface area contributed by atoms with E-state index in [1.54, 1.807) is 0 Å². The number of aromatic nitrogens is 1. The van der Waals surface area contributed by atoms with Crippen molar-refractivity contribution in [3.05, 3.63) is 10.6 Å². The molecule has 2 rings (SSSR count). The number of alkyl halides is 1. The minimum absolute atomic E-state index is 0.0345. The monoisotopic (exact) mass is 228 g/mol. The zero-order chi connectivity index (χ0) is 11.0. The number of carbonyl (C=O) groups excluding carboxylic acids is 1. The Bertz CT molecular complexity index is 391. The highest BCUT2D eigenvalue weighted by Gasteiger charge is 2.25. The topological polar surface area (TPSA) is 33.2 Å². The number of nitrogens with zero attached hydrogens (tertiary/aromatic N) is 2. The maximum absolute atomic E-state index is 13.0. The molecule has 15 heavy (non-hydrogen) atoms. The first kappa shape index (κ1) is 10.5. The lowest BCUT2D eigenvalue weighted by atomic mass is 10.3. The van der Waals surface area contributed by atoms with Gasteiger partial charge in [-0.1, -0.05) is 11.3 Å². The third-order valence-electron chi connectivity index (χ3n) is 2.51. The van der Waals surface area contributed by atoms with Crippen molar-refractivity contribution in [1.82, 2.24) is 4.98 Å². The quantitative estimate of drug-likeness (QED) is 0.728. The highest BCUT2D eigenvalue weighted by molar-refractivity contribution is 7.17. The molecule has 0 bridgehead atoms. The second-order valence-corrected chi connectivity index (χ2v) is 4.78. The van der Waals surface area contributed by atoms with Gasteiger partial charge in [0, 0.05) is 13.5 Å². The number of anilines is 1. The van der Waals surface area contributed by atoms with Gasteiger partial charge >= 0.3 is 0 Å². The highest BCUT2D eigenvalue weighted by atomic mass is 32.1. The SMILES string of the molecule is CC(=O)c1sc(N2CC[C@@H](F)C2)nc1C. The highest BCUT2D eigenvalue weighted by Crippen LogP contribution is 2.29. The van der Waals surface area contributed by atoms with Gasteiger partial charge in [0.25, 0.3) is 0 Å². The number of Topliss-reactive ketones (excluding diaryl/α,β-unsaturated/α-hetero) is 1. The number of aryl methyl sites for hydroxylation is 1. The standard InChI is InChI=1S/C10H13FN2OS/c1-6-9(7(2)14)15-10(12-6)13-4-3-8(11)5-13/h8H,3-5H2,1-2H3/t8-/m1/s1. The van der Waals surface area contributed by atoms with Crippen LogP contribution in [0, 0.1) is 6.92 Å². The lowest BCUT2D eigenvalue weighted by Crippen LogP contribution is -2.19. The van der Waals surface area contributed by atoms with Crippen molar-refractivity contribution in [2.24, 2.45) is 0 Å². The van der Waals surface area contributed by atoms with Gasteiger partial charge in [0.2, 0.25) is 0 Å². The van der Waals surface area contributed by atoms with Gasteiger partial charge in [-0.3, -0.25) is 4.79 Å². The van der Waals surface area contributed by atoms with Crippen molar-refractivity contribution in [1.29, 1.82) is 0 Å². The second-order valence-electron chi connectivity index (χ2n) is 3.80. The normalized spacial score (nSPS) is 21.0. The molecule has 0 unspecified atom stereocenters. The van der Waals surface area contributed by atoms with Crippen LogP contribution in [0.5, 0.6) is 0 Å². The van der Waals surface area contributed by atoms with Gasteiger partial charge in [-0.05, 0) is 13.3 Å². The molecule has 1 aromatic heterocycles. The predicted octanol–water partition coefficient (Wildman–Crippen LogP) is 2.20. The number of ketones is 1. The van der Waals surface area contributed by atoms with Crippen molar-refractivity contribution in [3.63, 3.8) is 0 Å². The van der Waals surface area contributed by atoms with Crippen molar-refractivity contribution >= 4 is 22.3 Å². The molecule has 1 aliphatic rings. The Morgan fingerprint density at radius 2 is 2.40 bits per heavy atom. The van der Waals surface area contributed by atoms with Gasteiger partial charge in [0.05, 0.1) is 17.1 Å². The van der Waals surface area contributed by atoms with Crippen LogP contribution in [-0.2, 0) is 0 Å². The van der Waals surface area contributed by atoms with Gasteiger partial charge in [-0.25, -0.2) is 9.37 Å². The second kappa shape index (κ2) is 3.89. The number of rotatable bonds is 2. The number of thiazole rings is 1. The summed E-state index contributed by atoms with van der Waals surface area (Å²) in [7, 11) is 0. The molecule has 2 heterocycles. The van der Waals surface area contributed by atoms with E-state index in [1.807, 2.05) is 11.8 Å². The first-order valence-corrected chi connectivity index (χ1v) is 5.77. The zero-order valence-electron chi connectivity index (χ0n) is 8.79. The van der Waals surface area contributed by atoms with Gasteiger partial charge < -0.3 is 4.90 Å². The summed E-state index contributed by atoms with van der Waals surface area (Å²) in [6.45, 7) is 4.46. The molecule has 3 nitrogen and oxygen atoms in total. The van der Waals surface area contributed by atoms with E-state index in [4.69, 9.17) is 0 Å². The van der Waals surface area contributed by atoms with E-state index in [0.29, 0.717) is 24.4 Å². The minimum Gasteiger partial charge on any atom is -0.345 e. The molecular weight excluding hydrogens is 215 g/mol. The molecule has 1 aromatic rings. The molecule has 82 valence electrons. The summed E-state index contributed by atoms with van der Waals surface area (Å²) in [5.41, 5.74) is 0.754. The van der Waals surface area contributed by atoms with Crippen LogP contribution in [0.25, 0.3) is 0 Å². The fourth-order valence-electron chi connectivity index (χ4n) is 1.74. The van der Waals surface area contributed by atoms with E-state index in [0.717, 1.165) is 10.8 Å². The molecule has 0 radical (unpaired) electrons. The Kier molecular flexibility index (Phi) is 2.73. The van der Waals surface area contributed by atoms with Crippen LogP contribution in [-0.4, -0.2) is 30.0 Å². The smallest absolute Gasteiger partial charge is 0.186 e.